The summed E-state index contributed by atoms with van der Waals surface area (Å²) in [7, 11) is 0. The van der Waals surface area contributed by atoms with Crippen molar-refractivity contribution >= 4 is 0 Å². The van der Waals surface area contributed by atoms with Crippen molar-refractivity contribution in [2.75, 3.05) is 13.2 Å². The zero-order valence-electron chi connectivity index (χ0n) is 25.8. The molecule has 4 rings (SSSR count). The lowest BCUT2D eigenvalue weighted by atomic mass is 9.95. The molecule has 0 spiro atoms. The quantitative estimate of drug-likeness (QED) is 0.0963. The Bertz CT molecular complexity index is 1440. The Labute approximate surface area is 261 Å². The van der Waals surface area contributed by atoms with Gasteiger partial charge in [0.1, 0.15) is 46.4 Å². The molecule has 0 atom stereocenters. The van der Waals surface area contributed by atoms with E-state index in [9.17, 15) is 26.3 Å². The van der Waals surface area contributed by atoms with Crippen molar-refractivity contribution in [3.63, 3.8) is 0 Å². The third-order valence-electron chi connectivity index (χ3n) is 8.12. The lowest BCUT2D eigenvalue weighted by Crippen LogP contribution is -2.06. The predicted octanol–water partition coefficient (Wildman–Crippen LogP) is 11.0. The minimum absolute atomic E-state index is 0.0223. The number of halogens is 6. The second-order valence-corrected chi connectivity index (χ2v) is 11.1. The number of ether oxygens (including phenoxy) is 2. The molecule has 0 N–H and O–H groups in total. The first-order chi connectivity index (χ1) is 21.6. The molecule has 0 aromatic heterocycles. The lowest BCUT2D eigenvalue weighted by Gasteiger charge is -2.16. The van der Waals surface area contributed by atoms with Crippen LogP contribution in [0.3, 0.4) is 0 Å². The van der Waals surface area contributed by atoms with Crippen LogP contribution in [0.15, 0.2) is 60.7 Å². The van der Waals surface area contributed by atoms with E-state index in [0.29, 0.717) is 30.6 Å². The Morgan fingerprint density at radius 1 is 0.511 bits per heavy atom. The predicted molar refractivity (Wildman–Crippen MR) is 165 cm³/mol. The van der Waals surface area contributed by atoms with E-state index in [1.165, 1.54) is 24.3 Å². The fourth-order valence-corrected chi connectivity index (χ4v) is 5.51. The molecule has 0 aliphatic heterocycles. The largest absolute Gasteiger partial charge is 0.493 e. The van der Waals surface area contributed by atoms with Gasteiger partial charge in [-0.3, -0.25) is 0 Å². The van der Waals surface area contributed by atoms with E-state index in [1.807, 2.05) is 0 Å². The summed E-state index contributed by atoms with van der Waals surface area (Å²) in [6, 6.07) is 13.1. The highest BCUT2D eigenvalue weighted by Gasteiger charge is 2.16. The van der Waals surface area contributed by atoms with Gasteiger partial charge in [0.05, 0.1) is 13.2 Å². The molecule has 0 aliphatic rings. The lowest BCUT2D eigenvalue weighted by molar-refractivity contribution is 0.265. The highest BCUT2D eigenvalue weighted by Crippen LogP contribution is 2.31. The maximum Gasteiger partial charge on any atom is 0.134 e. The van der Waals surface area contributed by atoms with Crippen LogP contribution in [0.25, 0.3) is 22.3 Å². The Balaban J connectivity index is 1.20. The summed E-state index contributed by atoms with van der Waals surface area (Å²) in [6.45, 7) is 6.19. The smallest absolute Gasteiger partial charge is 0.134 e. The fourth-order valence-electron chi connectivity index (χ4n) is 5.51. The van der Waals surface area contributed by atoms with Gasteiger partial charge in [-0.25, -0.2) is 26.3 Å². The van der Waals surface area contributed by atoms with Gasteiger partial charge in [-0.15, -0.1) is 0 Å². The second-order valence-electron chi connectivity index (χ2n) is 11.1. The highest BCUT2D eigenvalue weighted by atomic mass is 19.2. The van der Waals surface area contributed by atoms with Crippen molar-refractivity contribution in [1.82, 2.24) is 0 Å². The standard InChI is InChI=1S/C37H38F6O2/c1-4-23(9-7-15-44-26-11-13-30(36(42)21-26)24-17-32(38)28(5-2)33(39)18-24)10-8-16-45-27-12-14-31(37(43)22-27)25-19-34(40)29(6-3)35(41)20-25/h11-14,17-23H,4-10,15-16H2,1-3H3. The van der Waals surface area contributed by atoms with Crippen molar-refractivity contribution in [2.45, 2.75) is 65.7 Å². The van der Waals surface area contributed by atoms with E-state index in [-0.39, 0.29) is 46.2 Å². The van der Waals surface area contributed by atoms with Gasteiger partial charge in [0.2, 0.25) is 0 Å². The SMILES string of the molecule is CCc1c(F)cc(-c2ccc(OCCCC(CC)CCCOc3ccc(-c4cc(F)c(CC)c(F)c4)c(F)c3)cc2F)cc1F. The molecule has 0 unspecified atom stereocenters. The van der Waals surface area contributed by atoms with Crippen LogP contribution >= 0.6 is 0 Å². The van der Waals surface area contributed by atoms with Crippen LogP contribution in [-0.4, -0.2) is 13.2 Å². The minimum atomic E-state index is -0.696. The second kappa shape index (κ2) is 15.9. The molecule has 0 heterocycles. The van der Waals surface area contributed by atoms with Gasteiger partial charge < -0.3 is 9.47 Å². The molecule has 4 aromatic rings. The van der Waals surface area contributed by atoms with Crippen LogP contribution in [0.1, 0.15) is 64.0 Å². The molecule has 2 nitrogen and oxygen atoms in total. The van der Waals surface area contributed by atoms with Gasteiger partial charge in [0.25, 0.3) is 0 Å². The molecule has 4 aromatic carbocycles. The van der Waals surface area contributed by atoms with Crippen molar-refractivity contribution in [1.29, 1.82) is 0 Å². The summed E-state index contributed by atoms with van der Waals surface area (Å²) in [5.41, 5.74) is 0.421. The van der Waals surface area contributed by atoms with E-state index < -0.39 is 34.9 Å². The zero-order chi connectivity index (χ0) is 32.5. The molecule has 0 aliphatic carbocycles. The summed E-state index contributed by atoms with van der Waals surface area (Å²) in [5, 5.41) is 0. The Morgan fingerprint density at radius 2 is 0.889 bits per heavy atom. The average molecular weight is 629 g/mol. The summed E-state index contributed by atoms with van der Waals surface area (Å²) in [4.78, 5) is 0. The fraction of sp³-hybridized carbons (Fsp3) is 0.351. The van der Waals surface area contributed by atoms with Crippen LogP contribution in [0, 0.1) is 40.8 Å². The maximum atomic E-state index is 14.8. The van der Waals surface area contributed by atoms with Crippen LogP contribution in [0.4, 0.5) is 26.3 Å². The van der Waals surface area contributed by atoms with E-state index in [0.717, 1.165) is 56.4 Å². The van der Waals surface area contributed by atoms with Gasteiger partial charge in [0, 0.05) is 34.4 Å². The maximum absolute atomic E-state index is 14.8. The third kappa shape index (κ3) is 8.62. The third-order valence-corrected chi connectivity index (χ3v) is 8.12. The van der Waals surface area contributed by atoms with Gasteiger partial charge >= 0.3 is 0 Å². The van der Waals surface area contributed by atoms with Crippen molar-refractivity contribution in [3.8, 4) is 33.8 Å². The van der Waals surface area contributed by atoms with Crippen molar-refractivity contribution in [3.05, 3.63) is 107 Å². The molecule has 0 amide bonds. The monoisotopic (exact) mass is 628 g/mol. The molecule has 0 fully saturated rings. The molecule has 0 saturated heterocycles. The highest BCUT2D eigenvalue weighted by molar-refractivity contribution is 5.66. The first-order valence-corrected chi connectivity index (χ1v) is 15.5. The number of hydrogen-bond acceptors (Lipinski definition) is 2. The number of rotatable bonds is 15. The van der Waals surface area contributed by atoms with Gasteiger partial charge in [-0.2, -0.15) is 0 Å². The zero-order valence-corrected chi connectivity index (χ0v) is 25.8. The van der Waals surface area contributed by atoms with Crippen LogP contribution in [0.2, 0.25) is 0 Å². The average Bonchev–Trinajstić information content (AvgIpc) is 3.00. The van der Waals surface area contributed by atoms with Crippen LogP contribution in [0.5, 0.6) is 11.5 Å². The number of hydrogen-bond donors (Lipinski definition) is 0. The molecule has 45 heavy (non-hydrogen) atoms. The van der Waals surface area contributed by atoms with E-state index in [4.69, 9.17) is 9.47 Å². The summed E-state index contributed by atoms with van der Waals surface area (Å²) in [5.74, 6) is -2.92. The molecule has 0 bridgehead atoms. The molecular formula is C37H38F6O2. The van der Waals surface area contributed by atoms with Crippen LogP contribution < -0.4 is 9.47 Å². The first-order valence-electron chi connectivity index (χ1n) is 15.5. The molecule has 8 heteroatoms. The minimum Gasteiger partial charge on any atom is -0.493 e. The van der Waals surface area contributed by atoms with Crippen LogP contribution in [-0.2, 0) is 12.8 Å². The van der Waals surface area contributed by atoms with E-state index in [1.54, 1.807) is 26.0 Å². The Kier molecular flexibility index (Phi) is 12.0. The number of benzene rings is 4. The molecule has 0 radical (unpaired) electrons. The van der Waals surface area contributed by atoms with E-state index in [2.05, 4.69) is 6.92 Å². The van der Waals surface area contributed by atoms with Crippen molar-refractivity contribution in [2.24, 2.45) is 5.92 Å². The summed E-state index contributed by atoms with van der Waals surface area (Å²) >= 11 is 0. The molecule has 240 valence electrons. The summed E-state index contributed by atoms with van der Waals surface area (Å²) < 4.78 is 97.7. The van der Waals surface area contributed by atoms with Crippen molar-refractivity contribution < 1.29 is 35.8 Å². The Hall–Kier alpha value is -3.94. The van der Waals surface area contributed by atoms with Gasteiger partial charge in [0.15, 0.2) is 0 Å². The first kappa shape index (κ1) is 33.9. The molecule has 0 saturated carbocycles. The summed E-state index contributed by atoms with van der Waals surface area (Å²) in [6.07, 6.45) is 4.68. The Morgan fingerprint density at radius 3 is 1.20 bits per heavy atom. The van der Waals surface area contributed by atoms with Gasteiger partial charge in [-0.1, -0.05) is 27.2 Å². The topological polar surface area (TPSA) is 18.5 Å². The van der Waals surface area contributed by atoms with Gasteiger partial charge in [-0.05, 0) is 104 Å². The van der Waals surface area contributed by atoms with E-state index >= 15 is 0 Å². The molecular weight excluding hydrogens is 590 g/mol. The normalized spacial score (nSPS) is 11.3.